The van der Waals surface area contributed by atoms with Crippen LogP contribution in [0.5, 0.6) is 28.7 Å². The summed E-state index contributed by atoms with van der Waals surface area (Å²) >= 11 is 0. The van der Waals surface area contributed by atoms with Crippen molar-refractivity contribution in [1.29, 1.82) is 0 Å². The van der Waals surface area contributed by atoms with Crippen molar-refractivity contribution < 1.29 is 29.6 Å². The van der Waals surface area contributed by atoms with Gasteiger partial charge in [0, 0.05) is 6.07 Å². The van der Waals surface area contributed by atoms with Crippen molar-refractivity contribution >= 4 is 21.9 Å². The number of aromatic hydroxyl groups is 4. The first kappa shape index (κ1) is 12.9. The number of rotatable bonds is 1. The molecule has 0 bridgehead atoms. The lowest BCUT2D eigenvalue weighted by Crippen LogP contribution is -2.04. The van der Waals surface area contributed by atoms with Gasteiger partial charge in [0.1, 0.15) is 22.1 Å². The van der Waals surface area contributed by atoms with Gasteiger partial charge in [-0.3, -0.25) is 4.79 Å². The van der Waals surface area contributed by atoms with Gasteiger partial charge in [0.2, 0.25) is 11.2 Å². The Bertz CT molecular complexity index is 940. The number of phenols is 4. The second-order valence-corrected chi connectivity index (χ2v) is 4.39. The van der Waals surface area contributed by atoms with E-state index in [0.29, 0.717) is 0 Å². The highest BCUT2D eigenvalue weighted by Gasteiger charge is 2.21. The van der Waals surface area contributed by atoms with Gasteiger partial charge in [0.05, 0.1) is 7.11 Å². The molecule has 7 nitrogen and oxygen atoms in total. The minimum absolute atomic E-state index is 0.0221. The summed E-state index contributed by atoms with van der Waals surface area (Å²) in [5, 5.41) is 38.3. The van der Waals surface area contributed by atoms with Gasteiger partial charge in [0.25, 0.3) is 0 Å². The molecule has 0 saturated carbocycles. The molecule has 0 saturated heterocycles. The van der Waals surface area contributed by atoms with Crippen molar-refractivity contribution in [2.24, 2.45) is 0 Å². The van der Waals surface area contributed by atoms with Crippen LogP contribution in [-0.4, -0.2) is 27.5 Å². The van der Waals surface area contributed by atoms with E-state index in [0.717, 1.165) is 12.1 Å². The smallest absolute Gasteiger partial charge is 0.208 e. The molecule has 0 atom stereocenters. The minimum atomic E-state index is -0.754. The van der Waals surface area contributed by atoms with E-state index in [1.54, 1.807) is 0 Å². The molecule has 0 fully saturated rings. The normalized spacial score (nSPS) is 11.1. The maximum atomic E-state index is 12.4. The van der Waals surface area contributed by atoms with Crippen LogP contribution in [0.3, 0.4) is 0 Å². The molecule has 0 aliphatic rings. The first-order chi connectivity index (χ1) is 9.95. The molecule has 3 aromatic rings. The van der Waals surface area contributed by atoms with Crippen molar-refractivity contribution in [2.75, 3.05) is 7.11 Å². The van der Waals surface area contributed by atoms with Gasteiger partial charge >= 0.3 is 0 Å². The Hall–Kier alpha value is -3.09. The van der Waals surface area contributed by atoms with E-state index in [9.17, 15) is 25.2 Å². The molecule has 4 N–H and O–H groups in total. The van der Waals surface area contributed by atoms with E-state index in [2.05, 4.69) is 0 Å². The van der Waals surface area contributed by atoms with Gasteiger partial charge < -0.3 is 29.6 Å². The van der Waals surface area contributed by atoms with Gasteiger partial charge in [-0.25, -0.2) is 0 Å². The SMILES string of the molecule is COc1c(O)cc(O)c2c(=O)c3c(O)c(O)ccc3oc12. The first-order valence-electron chi connectivity index (χ1n) is 5.86. The van der Waals surface area contributed by atoms with E-state index in [1.165, 1.54) is 13.2 Å². The molecule has 0 spiro atoms. The molecule has 7 heteroatoms. The van der Waals surface area contributed by atoms with Gasteiger partial charge in [-0.2, -0.15) is 0 Å². The lowest BCUT2D eigenvalue weighted by molar-refractivity contribution is 0.368. The van der Waals surface area contributed by atoms with Crippen LogP contribution in [0.25, 0.3) is 21.9 Å². The van der Waals surface area contributed by atoms with Gasteiger partial charge in [-0.1, -0.05) is 0 Å². The lowest BCUT2D eigenvalue weighted by Gasteiger charge is -2.10. The van der Waals surface area contributed by atoms with E-state index < -0.39 is 28.4 Å². The molecule has 2 aromatic carbocycles. The molecule has 0 aliphatic heterocycles. The van der Waals surface area contributed by atoms with Crippen LogP contribution in [0.15, 0.2) is 27.4 Å². The van der Waals surface area contributed by atoms with Crippen LogP contribution >= 0.6 is 0 Å². The summed E-state index contributed by atoms with van der Waals surface area (Å²) in [5.41, 5.74) is -0.931. The average Bonchev–Trinajstić information content (AvgIpc) is 2.42. The van der Waals surface area contributed by atoms with Crippen LogP contribution in [-0.2, 0) is 0 Å². The zero-order valence-corrected chi connectivity index (χ0v) is 10.7. The largest absolute Gasteiger partial charge is 0.507 e. The third kappa shape index (κ3) is 1.64. The van der Waals surface area contributed by atoms with E-state index >= 15 is 0 Å². The molecule has 1 aromatic heterocycles. The number of ether oxygens (including phenoxy) is 1. The van der Waals surface area contributed by atoms with Crippen LogP contribution in [0.2, 0.25) is 0 Å². The highest BCUT2D eigenvalue weighted by atomic mass is 16.5. The number of phenolic OH excluding ortho intramolecular Hbond substituents is 4. The molecule has 108 valence electrons. The Morgan fingerprint density at radius 1 is 1.00 bits per heavy atom. The fourth-order valence-electron chi connectivity index (χ4n) is 2.23. The summed E-state index contributed by atoms with van der Waals surface area (Å²) in [6, 6.07) is 3.37. The Labute approximate surface area is 116 Å². The quantitative estimate of drug-likeness (QED) is 0.398. The van der Waals surface area contributed by atoms with Crippen molar-refractivity contribution in [3.05, 3.63) is 28.4 Å². The molecule has 21 heavy (non-hydrogen) atoms. The molecular formula is C14H10O7. The maximum Gasteiger partial charge on any atom is 0.208 e. The van der Waals surface area contributed by atoms with Crippen LogP contribution in [0, 0.1) is 0 Å². The highest BCUT2D eigenvalue weighted by molar-refractivity contribution is 5.99. The zero-order valence-electron chi connectivity index (χ0n) is 10.7. The summed E-state index contributed by atoms with van der Waals surface area (Å²) in [6.07, 6.45) is 0. The zero-order chi connectivity index (χ0) is 15.3. The molecule has 0 aliphatic carbocycles. The van der Waals surface area contributed by atoms with Crippen molar-refractivity contribution in [3.63, 3.8) is 0 Å². The van der Waals surface area contributed by atoms with Crippen molar-refractivity contribution in [2.45, 2.75) is 0 Å². The second-order valence-electron chi connectivity index (χ2n) is 4.39. The van der Waals surface area contributed by atoms with E-state index in [4.69, 9.17) is 9.15 Å². The summed E-state index contributed by atoms with van der Waals surface area (Å²) in [7, 11) is 1.27. The minimum Gasteiger partial charge on any atom is -0.507 e. The number of methoxy groups -OCH3 is 1. The fourth-order valence-corrected chi connectivity index (χ4v) is 2.23. The van der Waals surface area contributed by atoms with Crippen molar-refractivity contribution in [3.8, 4) is 28.7 Å². The predicted octanol–water partition coefficient (Wildman–Crippen LogP) is 1.78. The fraction of sp³-hybridized carbons (Fsp3) is 0.0714. The number of fused-ring (bicyclic) bond motifs is 2. The standard InChI is InChI=1S/C14H10O7/c1-20-13-7(17)4-6(16)9-12(19)10-8(21-14(9)13)3-2-5(15)11(10)18/h2-4,15-18H,1H3. The first-order valence-corrected chi connectivity index (χ1v) is 5.86. The summed E-state index contributed by atoms with van der Waals surface area (Å²) in [6.45, 7) is 0. The predicted molar refractivity (Wildman–Crippen MR) is 73.2 cm³/mol. The van der Waals surface area contributed by atoms with Gasteiger partial charge in [-0.15, -0.1) is 0 Å². The Kier molecular flexibility index (Phi) is 2.59. The number of hydrogen-bond acceptors (Lipinski definition) is 7. The van der Waals surface area contributed by atoms with E-state index in [-0.39, 0.29) is 27.7 Å². The Morgan fingerprint density at radius 2 is 1.71 bits per heavy atom. The molecule has 1 heterocycles. The topological polar surface area (TPSA) is 120 Å². The molecule has 0 radical (unpaired) electrons. The van der Waals surface area contributed by atoms with Crippen LogP contribution in [0.1, 0.15) is 0 Å². The molecule has 0 unspecified atom stereocenters. The molecular weight excluding hydrogens is 280 g/mol. The van der Waals surface area contributed by atoms with E-state index in [1.807, 2.05) is 0 Å². The van der Waals surface area contributed by atoms with Crippen LogP contribution < -0.4 is 10.2 Å². The third-order valence-electron chi connectivity index (χ3n) is 3.18. The highest BCUT2D eigenvalue weighted by Crippen LogP contribution is 2.41. The monoisotopic (exact) mass is 290 g/mol. The summed E-state index contributed by atoms with van der Waals surface area (Å²) in [5.74, 6) is -2.17. The van der Waals surface area contributed by atoms with Crippen molar-refractivity contribution in [1.82, 2.24) is 0 Å². The lowest BCUT2D eigenvalue weighted by atomic mass is 10.1. The summed E-state index contributed by atoms with van der Waals surface area (Å²) in [4.78, 5) is 12.4. The molecule has 0 amide bonds. The average molecular weight is 290 g/mol. The number of benzene rings is 2. The van der Waals surface area contributed by atoms with Crippen LogP contribution in [0.4, 0.5) is 0 Å². The Morgan fingerprint density at radius 3 is 2.38 bits per heavy atom. The molecule has 3 rings (SSSR count). The Balaban J connectivity index is 2.66. The number of hydrogen-bond donors (Lipinski definition) is 4. The second kappa shape index (κ2) is 4.20. The third-order valence-corrected chi connectivity index (χ3v) is 3.18. The summed E-state index contributed by atoms with van der Waals surface area (Å²) < 4.78 is 10.4. The van der Waals surface area contributed by atoms with Gasteiger partial charge in [-0.05, 0) is 12.1 Å². The maximum absolute atomic E-state index is 12.4. The van der Waals surface area contributed by atoms with Gasteiger partial charge in [0.15, 0.2) is 22.8 Å².